The van der Waals surface area contributed by atoms with Crippen LogP contribution in [-0.4, -0.2) is 80.4 Å². The molecule has 15 nitrogen and oxygen atoms in total. The molecule has 3 amide bonds. The number of hydrogen-bond donors (Lipinski definition) is 9. The Kier molecular flexibility index (Phi) is 11.6. The van der Waals surface area contributed by atoms with Crippen LogP contribution < -0.4 is 33.2 Å². The zero-order valence-corrected chi connectivity index (χ0v) is 24.2. The lowest BCUT2D eigenvalue weighted by Gasteiger charge is -2.27. The number of hydrogen-bond acceptors (Lipinski definition) is 7. The second-order valence-electron chi connectivity index (χ2n) is 10.6. The van der Waals surface area contributed by atoms with Gasteiger partial charge in [-0.1, -0.05) is 32.0 Å². The van der Waals surface area contributed by atoms with Crippen LogP contribution in [0.4, 0.5) is 0 Å². The molecule has 0 bridgehead atoms. The van der Waals surface area contributed by atoms with E-state index in [0.717, 1.165) is 16.5 Å². The molecule has 12 N–H and O–H groups in total. The van der Waals surface area contributed by atoms with Gasteiger partial charge in [0.25, 0.3) is 0 Å². The molecular formula is C28H40N10O5. The molecule has 2 heterocycles. The minimum atomic E-state index is -1.23. The molecule has 0 fully saturated rings. The number of carboxylic acid groups (broad SMARTS) is 1. The van der Waals surface area contributed by atoms with Crippen molar-refractivity contribution in [1.82, 2.24) is 30.9 Å². The van der Waals surface area contributed by atoms with Crippen molar-refractivity contribution in [1.29, 1.82) is 0 Å². The largest absolute Gasteiger partial charge is 0.480 e. The Hall–Kier alpha value is -4.92. The van der Waals surface area contributed by atoms with E-state index in [1.54, 1.807) is 26.2 Å². The second-order valence-corrected chi connectivity index (χ2v) is 10.6. The van der Waals surface area contributed by atoms with Gasteiger partial charge in [0.1, 0.15) is 18.1 Å². The summed E-state index contributed by atoms with van der Waals surface area (Å²) in [6, 6.07) is 3.15. The summed E-state index contributed by atoms with van der Waals surface area (Å²) in [4.78, 5) is 65.6. The minimum absolute atomic E-state index is 0.0735. The van der Waals surface area contributed by atoms with Crippen LogP contribution in [0.2, 0.25) is 0 Å². The Morgan fingerprint density at radius 2 is 1.70 bits per heavy atom. The van der Waals surface area contributed by atoms with E-state index in [1.807, 2.05) is 24.3 Å². The molecule has 0 saturated heterocycles. The third-order valence-electron chi connectivity index (χ3n) is 6.87. The summed E-state index contributed by atoms with van der Waals surface area (Å²) in [5.41, 5.74) is 19.0. The van der Waals surface area contributed by atoms with Gasteiger partial charge in [0, 0.05) is 48.4 Å². The predicted octanol–water partition coefficient (Wildman–Crippen LogP) is -0.748. The lowest BCUT2D eigenvalue weighted by molar-refractivity contribution is -0.142. The zero-order valence-electron chi connectivity index (χ0n) is 24.2. The van der Waals surface area contributed by atoms with Crippen LogP contribution in [0.25, 0.3) is 10.9 Å². The van der Waals surface area contributed by atoms with Crippen LogP contribution >= 0.6 is 0 Å². The number of carbonyl (C=O) groups is 4. The second kappa shape index (κ2) is 15.3. The topological polar surface area (TPSA) is 259 Å². The lowest BCUT2D eigenvalue weighted by Crippen LogP contribution is -2.59. The number of guanidine groups is 1. The quantitative estimate of drug-likeness (QED) is 0.0571. The van der Waals surface area contributed by atoms with E-state index in [1.165, 1.54) is 6.33 Å². The summed E-state index contributed by atoms with van der Waals surface area (Å²) >= 11 is 0. The van der Waals surface area contributed by atoms with Gasteiger partial charge in [0.2, 0.25) is 17.7 Å². The maximum atomic E-state index is 13.7. The SMILES string of the molecule is CC(C)C(NC(=O)C(Cc1c[nH]c2ccccc12)NC(=O)C(N)Cc1cnc[nH]1)C(=O)NC(CCCN=C(N)N)C(=O)O. The van der Waals surface area contributed by atoms with E-state index in [4.69, 9.17) is 17.2 Å². The Labute approximate surface area is 248 Å². The maximum absolute atomic E-state index is 13.7. The van der Waals surface area contributed by atoms with Gasteiger partial charge in [-0.2, -0.15) is 0 Å². The first-order valence-corrected chi connectivity index (χ1v) is 13.9. The monoisotopic (exact) mass is 596 g/mol. The van der Waals surface area contributed by atoms with Crippen LogP contribution in [0, 0.1) is 5.92 Å². The Balaban J connectivity index is 1.77. The van der Waals surface area contributed by atoms with Gasteiger partial charge in [-0.15, -0.1) is 0 Å². The molecule has 0 aliphatic heterocycles. The first-order valence-electron chi connectivity index (χ1n) is 13.9. The number of fused-ring (bicyclic) bond motifs is 1. The molecule has 4 unspecified atom stereocenters. The third kappa shape index (κ3) is 9.56. The minimum Gasteiger partial charge on any atom is -0.480 e. The number of nitrogens with zero attached hydrogens (tertiary/aromatic N) is 2. The fourth-order valence-electron chi connectivity index (χ4n) is 4.55. The van der Waals surface area contributed by atoms with Gasteiger partial charge in [-0.05, 0) is 30.4 Å². The van der Waals surface area contributed by atoms with Crippen molar-refractivity contribution in [3.63, 3.8) is 0 Å². The van der Waals surface area contributed by atoms with Gasteiger partial charge < -0.3 is 48.2 Å². The number of carboxylic acids is 1. The van der Waals surface area contributed by atoms with Crippen LogP contribution in [0.3, 0.4) is 0 Å². The van der Waals surface area contributed by atoms with Crippen molar-refractivity contribution in [2.75, 3.05) is 6.54 Å². The number of carbonyl (C=O) groups excluding carboxylic acids is 3. The van der Waals surface area contributed by atoms with Gasteiger partial charge in [0.15, 0.2) is 5.96 Å². The number of para-hydroxylation sites is 1. The number of rotatable bonds is 16. The van der Waals surface area contributed by atoms with E-state index in [9.17, 15) is 24.3 Å². The van der Waals surface area contributed by atoms with Gasteiger partial charge >= 0.3 is 5.97 Å². The van der Waals surface area contributed by atoms with Crippen molar-refractivity contribution in [2.45, 2.75) is 63.7 Å². The number of aromatic nitrogens is 3. The van der Waals surface area contributed by atoms with Crippen molar-refractivity contribution in [3.8, 4) is 0 Å². The number of benzene rings is 1. The smallest absolute Gasteiger partial charge is 0.326 e. The van der Waals surface area contributed by atoms with Gasteiger partial charge in [-0.25, -0.2) is 9.78 Å². The summed E-state index contributed by atoms with van der Waals surface area (Å²) in [5, 5.41) is 18.5. The normalized spacial score (nSPS) is 14.0. The molecule has 0 aliphatic carbocycles. The number of aliphatic imine (C=N–C) groups is 1. The molecule has 232 valence electrons. The summed E-state index contributed by atoms with van der Waals surface area (Å²) in [7, 11) is 0. The molecule has 0 aliphatic rings. The van der Waals surface area contributed by atoms with Crippen molar-refractivity contribution in [3.05, 3.63) is 54.2 Å². The van der Waals surface area contributed by atoms with E-state index >= 15 is 0 Å². The Morgan fingerprint density at radius 3 is 2.35 bits per heavy atom. The summed E-state index contributed by atoms with van der Waals surface area (Å²) in [6.45, 7) is 3.63. The highest BCUT2D eigenvalue weighted by molar-refractivity contribution is 5.95. The number of nitrogens with two attached hydrogens (primary N) is 3. The summed E-state index contributed by atoms with van der Waals surface area (Å²) in [6.07, 6.45) is 5.45. The summed E-state index contributed by atoms with van der Waals surface area (Å²) in [5.74, 6) is -3.62. The molecule has 0 spiro atoms. The number of aliphatic carboxylic acids is 1. The Bertz CT molecular complexity index is 1410. The van der Waals surface area contributed by atoms with Crippen molar-refractivity contribution in [2.24, 2.45) is 28.1 Å². The van der Waals surface area contributed by atoms with Crippen LogP contribution in [-0.2, 0) is 32.0 Å². The lowest BCUT2D eigenvalue weighted by atomic mass is 9.99. The first kappa shape index (κ1) is 32.6. The first-order chi connectivity index (χ1) is 20.5. The molecular weight excluding hydrogens is 556 g/mol. The Morgan fingerprint density at radius 1 is 0.977 bits per heavy atom. The number of amides is 3. The number of imidazole rings is 1. The van der Waals surface area contributed by atoms with Crippen LogP contribution in [0.1, 0.15) is 37.9 Å². The van der Waals surface area contributed by atoms with E-state index in [2.05, 4.69) is 35.9 Å². The average molecular weight is 597 g/mol. The van der Waals surface area contributed by atoms with Gasteiger partial charge in [0.05, 0.1) is 12.4 Å². The maximum Gasteiger partial charge on any atom is 0.326 e. The predicted molar refractivity (Wildman–Crippen MR) is 160 cm³/mol. The number of H-pyrrole nitrogens is 2. The third-order valence-corrected chi connectivity index (χ3v) is 6.87. The van der Waals surface area contributed by atoms with Gasteiger partial charge in [-0.3, -0.25) is 19.4 Å². The van der Waals surface area contributed by atoms with Crippen molar-refractivity contribution >= 4 is 40.6 Å². The molecule has 3 rings (SSSR count). The van der Waals surface area contributed by atoms with Crippen LogP contribution in [0.5, 0.6) is 0 Å². The molecule has 15 heteroatoms. The molecule has 2 aromatic heterocycles. The summed E-state index contributed by atoms with van der Waals surface area (Å²) < 4.78 is 0. The molecule has 0 radical (unpaired) electrons. The highest BCUT2D eigenvalue weighted by Crippen LogP contribution is 2.19. The molecule has 43 heavy (non-hydrogen) atoms. The van der Waals surface area contributed by atoms with E-state index < -0.39 is 53.8 Å². The zero-order chi connectivity index (χ0) is 31.5. The molecule has 3 aromatic rings. The fraction of sp³-hybridized carbons (Fsp3) is 0.429. The molecule has 4 atom stereocenters. The average Bonchev–Trinajstić information content (AvgIpc) is 3.62. The molecule has 1 aromatic carbocycles. The highest BCUT2D eigenvalue weighted by Gasteiger charge is 2.32. The molecule has 0 saturated carbocycles. The van der Waals surface area contributed by atoms with Crippen molar-refractivity contribution < 1.29 is 24.3 Å². The number of aromatic amines is 2. The van der Waals surface area contributed by atoms with E-state index in [-0.39, 0.29) is 31.8 Å². The standard InChI is InChI=1S/C28H40N10O5/c1-15(2)23(26(41)36-21(27(42)43)8-5-9-33-28(30)31)38-25(40)22(10-16-12-34-20-7-4-3-6-18(16)20)37-24(39)19(29)11-17-13-32-14-35-17/h3-4,6-7,12-15,19,21-23,34H,5,8-11,29H2,1-2H3,(H,32,35)(H,36,41)(H,37,39)(H,38,40)(H,42,43)(H4,30,31,33). The fourth-order valence-corrected chi connectivity index (χ4v) is 4.55. The van der Waals surface area contributed by atoms with E-state index in [0.29, 0.717) is 12.1 Å². The number of nitrogens with one attached hydrogen (secondary N) is 5. The highest BCUT2D eigenvalue weighted by atomic mass is 16.4. The van der Waals surface area contributed by atoms with Crippen LogP contribution in [0.15, 0.2) is 48.0 Å².